The minimum absolute atomic E-state index is 0. The summed E-state index contributed by atoms with van der Waals surface area (Å²) in [5.41, 5.74) is 15.2. The minimum atomic E-state index is 0. The van der Waals surface area contributed by atoms with Crippen molar-refractivity contribution in [3.05, 3.63) is 150 Å². The number of nitrogens with one attached hydrogen (secondary N) is 1. The Morgan fingerprint density at radius 3 is 1.69 bits per heavy atom. The van der Waals surface area contributed by atoms with E-state index >= 15 is 0 Å². The number of hydrogen-bond donors (Lipinski definition) is 2. The maximum Gasteiger partial charge on any atom is 0.0637 e. The largest absolute Gasteiger partial charge is 0.399 e. The molecule has 3 nitrogen and oxygen atoms in total. The molecule has 0 amide bonds. The van der Waals surface area contributed by atoms with Gasteiger partial charge in [-0.15, -0.1) is 12.4 Å². The molecule has 0 saturated carbocycles. The van der Waals surface area contributed by atoms with Crippen molar-refractivity contribution in [2.45, 2.75) is 0 Å². The van der Waals surface area contributed by atoms with Crippen molar-refractivity contribution < 1.29 is 0 Å². The van der Waals surface area contributed by atoms with Gasteiger partial charge in [-0.2, -0.15) is 0 Å². The summed E-state index contributed by atoms with van der Waals surface area (Å²) in [4.78, 5) is 4.72. The van der Waals surface area contributed by atoms with Gasteiger partial charge in [-0.1, -0.05) is 72.8 Å². The fraction of sp³-hybridized carbons (Fsp3) is 0. The van der Waals surface area contributed by atoms with E-state index in [0.29, 0.717) is 0 Å². The molecule has 3 N–H and O–H groups in total. The van der Waals surface area contributed by atoms with Gasteiger partial charge >= 0.3 is 0 Å². The average molecular weight is 476 g/mol. The maximum atomic E-state index is 5.96. The number of anilines is 3. The van der Waals surface area contributed by atoms with Gasteiger partial charge in [-0.3, -0.25) is 0 Å². The predicted molar refractivity (Wildman–Crippen MR) is 152 cm³/mol. The molecule has 0 unspecified atom stereocenters. The topological polar surface area (TPSA) is 50.4 Å². The summed E-state index contributed by atoms with van der Waals surface area (Å²) >= 11 is 0. The third kappa shape index (κ3) is 5.97. The Balaban J connectivity index is 0.00000289. The molecule has 0 aliphatic heterocycles. The van der Waals surface area contributed by atoms with Gasteiger partial charge in [-0.05, 0) is 83.0 Å². The molecule has 1 aliphatic rings. The number of nitrogens with zero attached hydrogens (tertiary/aromatic N) is 1. The standard InChI is InChI=1S/C31H25N3.ClH/c32-26-17-11-23(12-18-26)31(24-13-19-29(20-14-24)33-27-7-3-1-4-8-27)25-15-21-30(22-16-25)34-28-9-5-2-6-10-28;/h1-22,33H,32H2;1H. The van der Waals surface area contributed by atoms with Crippen LogP contribution in [0.25, 0.3) is 5.57 Å². The van der Waals surface area contributed by atoms with E-state index in [1.807, 2.05) is 60.7 Å². The molecular formula is C31H26ClN3. The maximum absolute atomic E-state index is 5.96. The van der Waals surface area contributed by atoms with Crippen LogP contribution < -0.4 is 11.1 Å². The minimum Gasteiger partial charge on any atom is -0.399 e. The third-order valence-corrected chi connectivity index (χ3v) is 5.61. The molecule has 0 atom stereocenters. The number of allylic oxidation sites excluding steroid dienone is 5. The van der Waals surface area contributed by atoms with Gasteiger partial charge in [0.25, 0.3) is 0 Å². The Morgan fingerprint density at radius 1 is 0.571 bits per heavy atom. The Bertz CT molecular complexity index is 1370. The van der Waals surface area contributed by atoms with Crippen LogP contribution in [0.2, 0.25) is 0 Å². The van der Waals surface area contributed by atoms with E-state index < -0.39 is 0 Å². The number of aliphatic imine (C=N–C) groups is 1. The predicted octanol–water partition coefficient (Wildman–Crippen LogP) is 8.13. The second kappa shape index (κ2) is 11.2. The molecule has 0 heterocycles. The molecule has 5 rings (SSSR count). The van der Waals surface area contributed by atoms with Crippen LogP contribution in [0.4, 0.5) is 22.7 Å². The quantitative estimate of drug-likeness (QED) is 0.286. The summed E-state index contributed by atoms with van der Waals surface area (Å²) in [7, 11) is 0. The molecule has 0 radical (unpaired) electrons. The highest BCUT2D eigenvalue weighted by Gasteiger charge is 2.12. The highest BCUT2D eigenvalue weighted by molar-refractivity contribution is 6.08. The van der Waals surface area contributed by atoms with E-state index in [9.17, 15) is 0 Å². The van der Waals surface area contributed by atoms with Gasteiger partial charge in [0.05, 0.1) is 11.4 Å². The number of benzene rings is 4. The number of para-hydroxylation sites is 2. The highest BCUT2D eigenvalue weighted by Crippen LogP contribution is 2.31. The Morgan fingerprint density at radius 2 is 1.09 bits per heavy atom. The summed E-state index contributed by atoms with van der Waals surface area (Å²) in [6, 6.07) is 36.7. The molecule has 0 aromatic heterocycles. The van der Waals surface area contributed by atoms with Crippen LogP contribution in [0, 0.1) is 0 Å². The molecule has 172 valence electrons. The average Bonchev–Trinajstić information content (AvgIpc) is 2.89. The number of halogens is 1. The molecule has 0 saturated heterocycles. The number of rotatable bonds is 5. The zero-order valence-corrected chi connectivity index (χ0v) is 20.0. The van der Waals surface area contributed by atoms with Crippen molar-refractivity contribution in [1.29, 1.82) is 0 Å². The molecule has 4 heteroatoms. The zero-order valence-electron chi connectivity index (χ0n) is 19.1. The lowest BCUT2D eigenvalue weighted by Crippen LogP contribution is -1.98. The summed E-state index contributed by atoms with van der Waals surface area (Å²) < 4.78 is 0. The fourth-order valence-corrected chi connectivity index (χ4v) is 3.91. The van der Waals surface area contributed by atoms with Crippen molar-refractivity contribution in [2.24, 2.45) is 4.99 Å². The Kier molecular flexibility index (Phi) is 7.61. The van der Waals surface area contributed by atoms with Crippen molar-refractivity contribution in [3.63, 3.8) is 0 Å². The Labute approximate surface area is 212 Å². The van der Waals surface area contributed by atoms with E-state index in [0.717, 1.165) is 50.7 Å². The van der Waals surface area contributed by atoms with Gasteiger partial charge in [0, 0.05) is 17.1 Å². The Hall–Kier alpha value is -4.34. The lowest BCUT2D eigenvalue weighted by molar-refractivity contribution is 1.48. The molecule has 4 aromatic carbocycles. The normalized spacial score (nSPS) is 12.1. The van der Waals surface area contributed by atoms with Gasteiger partial charge in [0.1, 0.15) is 0 Å². The lowest BCUT2D eigenvalue weighted by atomic mass is 9.90. The first-order valence-corrected chi connectivity index (χ1v) is 11.3. The van der Waals surface area contributed by atoms with Crippen molar-refractivity contribution >= 4 is 46.4 Å². The number of hydrogen-bond acceptors (Lipinski definition) is 3. The molecule has 0 bridgehead atoms. The SMILES string of the molecule is Cl.Nc1ccc(C(=C2C=CC(=Nc3ccccc3)C=C2)c2ccc(Nc3ccccc3)cc2)cc1. The summed E-state index contributed by atoms with van der Waals surface area (Å²) in [5.74, 6) is 0. The monoisotopic (exact) mass is 475 g/mol. The number of nitrogen functional groups attached to an aromatic ring is 1. The molecule has 35 heavy (non-hydrogen) atoms. The van der Waals surface area contributed by atoms with Crippen LogP contribution in [0.5, 0.6) is 0 Å². The van der Waals surface area contributed by atoms with E-state index in [-0.39, 0.29) is 12.4 Å². The van der Waals surface area contributed by atoms with Crippen LogP contribution in [0.1, 0.15) is 11.1 Å². The van der Waals surface area contributed by atoms with Crippen LogP contribution in [0.3, 0.4) is 0 Å². The first-order chi connectivity index (χ1) is 16.7. The van der Waals surface area contributed by atoms with Crippen LogP contribution in [-0.4, -0.2) is 5.71 Å². The van der Waals surface area contributed by atoms with Crippen LogP contribution in [-0.2, 0) is 0 Å². The first kappa shape index (κ1) is 23.8. The molecular weight excluding hydrogens is 450 g/mol. The second-order valence-electron chi connectivity index (χ2n) is 8.06. The van der Waals surface area contributed by atoms with E-state index in [1.165, 1.54) is 0 Å². The molecule has 0 fully saturated rings. The van der Waals surface area contributed by atoms with E-state index in [1.54, 1.807) is 0 Å². The van der Waals surface area contributed by atoms with E-state index in [4.69, 9.17) is 10.7 Å². The van der Waals surface area contributed by atoms with Crippen molar-refractivity contribution in [2.75, 3.05) is 11.1 Å². The van der Waals surface area contributed by atoms with Crippen LogP contribution >= 0.6 is 12.4 Å². The van der Waals surface area contributed by atoms with Crippen molar-refractivity contribution in [1.82, 2.24) is 0 Å². The van der Waals surface area contributed by atoms with Crippen LogP contribution in [0.15, 0.2) is 144 Å². The zero-order chi connectivity index (χ0) is 23.2. The first-order valence-electron chi connectivity index (χ1n) is 11.3. The summed E-state index contributed by atoms with van der Waals surface area (Å²) in [6.07, 6.45) is 8.38. The molecule has 0 spiro atoms. The molecule has 1 aliphatic carbocycles. The van der Waals surface area contributed by atoms with Gasteiger partial charge in [0.2, 0.25) is 0 Å². The van der Waals surface area contributed by atoms with Gasteiger partial charge in [0.15, 0.2) is 0 Å². The van der Waals surface area contributed by atoms with E-state index in [2.05, 4.69) is 78.2 Å². The second-order valence-corrected chi connectivity index (χ2v) is 8.06. The molecule has 4 aromatic rings. The fourth-order valence-electron chi connectivity index (χ4n) is 3.91. The van der Waals surface area contributed by atoms with Gasteiger partial charge < -0.3 is 11.1 Å². The third-order valence-electron chi connectivity index (χ3n) is 5.61. The highest BCUT2D eigenvalue weighted by atomic mass is 35.5. The lowest BCUT2D eigenvalue weighted by Gasteiger charge is -2.15. The summed E-state index contributed by atoms with van der Waals surface area (Å²) in [6.45, 7) is 0. The van der Waals surface area contributed by atoms with Crippen molar-refractivity contribution in [3.8, 4) is 0 Å². The van der Waals surface area contributed by atoms with Gasteiger partial charge in [-0.25, -0.2) is 4.99 Å². The number of nitrogens with two attached hydrogens (primary N) is 1. The summed E-state index contributed by atoms with van der Waals surface area (Å²) in [5, 5.41) is 3.45. The smallest absolute Gasteiger partial charge is 0.0637 e.